The van der Waals surface area contributed by atoms with Crippen molar-refractivity contribution in [3.63, 3.8) is 0 Å². The van der Waals surface area contributed by atoms with Gasteiger partial charge in [-0.05, 0) is 19.1 Å². The SMILES string of the molecule is COc1cc(NC(C)C(F)F)ccc1F. The lowest BCUT2D eigenvalue weighted by Gasteiger charge is -2.14. The van der Waals surface area contributed by atoms with Crippen molar-refractivity contribution in [2.24, 2.45) is 0 Å². The summed E-state index contributed by atoms with van der Waals surface area (Å²) in [5.74, 6) is -0.491. The molecule has 0 saturated carbocycles. The van der Waals surface area contributed by atoms with Crippen molar-refractivity contribution in [1.29, 1.82) is 0 Å². The van der Waals surface area contributed by atoms with E-state index >= 15 is 0 Å². The Bertz CT molecular complexity index is 330. The van der Waals surface area contributed by atoms with Crippen LogP contribution in [0.5, 0.6) is 5.75 Å². The number of nitrogens with one attached hydrogen (secondary N) is 1. The maximum atomic E-state index is 13.0. The van der Waals surface area contributed by atoms with E-state index in [4.69, 9.17) is 4.74 Å². The Morgan fingerprint density at radius 3 is 2.53 bits per heavy atom. The lowest BCUT2D eigenvalue weighted by atomic mass is 10.2. The standard InChI is InChI=1S/C10H12F3NO/c1-6(10(12)13)14-7-3-4-8(11)9(5-7)15-2/h3-6,10,14H,1-2H3. The highest BCUT2D eigenvalue weighted by molar-refractivity contribution is 5.49. The van der Waals surface area contributed by atoms with Gasteiger partial charge in [-0.15, -0.1) is 0 Å². The van der Waals surface area contributed by atoms with Crippen molar-refractivity contribution >= 4 is 5.69 Å². The van der Waals surface area contributed by atoms with Crippen molar-refractivity contribution < 1.29 is 17.9 Å². The molecule has 1 atom stereocenters. The number of rotatable bonds is 4. The third kappa shape index (κ3) is 3.04. The molecule has 0 spiro atoms. The number of anilines is 1. The van der Waals surface area contributed by atoms with Crippen LogP contribution in [0.15, 0.2) is 18.2 Å². The summed E-state index contributed by atoms with van der Waals surface area (Å²) in [6.45, 7) is 1.35. The fourth-order valence-corrected chi connectivity index (χ4v) is 1.08. The van der Waals surface area contributed by atoms with Gasteiger partial charge in [-0.3, -0.25) is 0 Å². The lowest BCUT2D eigenvalue weighted by molar-refractivity contribution is 0.130. The summed E-state index contributed by atoms with van der Waals surface area (Å²) in [7, 11) is 1.32. The monoisotopic (exact) mass is 219 g/mol. The molecule has 0 heterocycles. The van der Waals surface area contributed by atoms with Crippen LogP contribution in [0.3, 0.4) is 0 Å². The van der Waals surface area contributed by atoms with Gasteiger partial charge >= 0.3 is 0 Å². The highest BCUT2D eigenvalue weighted by atomic mass is 19.3. The molecule has 5 heteroatoms. The number of hydrogen-bond acceptors (Lipinski definition) is 2. The molecule has 1 aromatic rings. The van der Waals surface area contributed by atoms with Crippen molar-refractivity contribution in [2.75, 3.05) is 12.4 Å². The van der Waals surface area contributed by atoms with E-state index in [-0.39, 0.29) is 5.75 Å². The van der Waals surface area contributed by atoms with Crippen LogP contribution in [-0.4, -0.2) is 19.6 Å². The van der Waals surface area contributed by atoms with Crippen LogP contribution in [0.4, 0.5) is 18.9 Å². The van der Waals surface area contributed by atoms with E-state index in [0.717, 1.165) is 0 Å². The molecule has 84 valence electrons. The molecule has 0 aromatic heterocycles. The Morgan fingerprint density at radius 2 is 2.00 bits per heavy atom. The van der Waals surface area contributed by atoms with Crippen molar-refractivity contribution in [3.8, 4) is 5.75 Å². The molecule has 0 aliphatic heterocycles. The summed E-state index contributed by atoms with van der Waals surface area (Å²) in [5, 5.41) is 2.55. The van der Waals surface area contributed by atoms with Crippen molar-refractivity contribution in [3.05, 3.63) is 24.0 Å². The van der Waals surface area contributed by atoms with Gasteiger partial charge in [-0.2, -0.15) is 0 Å². The van der Waals surface area contributed by atoms with E-state index in [2.05, 4.69) is 5.32 Å². The minimum atomic E-state index is -2.47. The molecule has 1 rings (SSSR count). The number of hydrogen-bond donors (Lipinski definition) is 1. The van der Waals surface area contributed by atoms with Gasteiger partial charge in [0.1, 0.15) is 0 Å². The first-order valence-electron chi connectivity index (χ1n) is 4.43. The van der Waals surface area contributed by atoms with E-state index in [9.17, 15) is 13.2 Å². The molecule has 15 heavy (non-hydrogen) atoms. The third-order valence-corrected chi connectivity index (χ3v) is 1.92. The summed E-state index contributed by atoms with van der Waals surface area (Å²) < 4.78 is 42.1. The topological polar surface area (TPSA) is 21.3 Å². The van der Waals surface area contributed by atoms with Gasteiger partial charge in [0, 0.05) is 11.8 Å². The van der Waals surface area contributed by atoms with Crippen LogP contribution in [0.25, 0.3) is 0 Å². The summed E-state index contributed by atoms with van der Waals surface area (Å²) in [5.41, 5.74) is 0.404. The summed E-state index contributed by atoms with van der Waals surface area (Å²) in [6, 6.07) is 2.91. The van der Waals surface area contributed by atoms with Gasteiger partial charge in [-0.25, -0.2) is 13.2 Å². The zero-order chi connectivity index (χ0) is 11.4. The van der Waals surface area contributed by atoms with Gasteiger partial charge in [0.25, 0.3) is 6.43 Å². The van der Waals surface area contributed by atoms with Gasteiger partial charge in [0.15, 0.2) is 11.6 Å². The molecule has 1 aromatic carbocycles. The summed E-state index contributed by atoms with van der Waals surface area (Å²) in [6.07, 6.45) is -2.47. The van der Waals surface area contributed by atoms with E-state index < -0.39 is 18.3 Å². The van der Waals surface area contributed by atoms with E-state index in [1.54, 1.807) is 0 Å². The maximum Gasteiger partial charge on any atom is 0.258 e. The second-order valence-electron chi connectivity index (χ2n) is 3.12. The predicted molar refractivity (Wildman–Crippen MR) is 52.0 cm³/mol. The fourth-order valence-electron chi connectivity index (χ4n) is 1.08. The lowest BCUT2D eigenvalue weighted by Crippen LogP contribution is -2.23. The molecule has 0 fully saturated rings. The zero-order valence-electron chi connectivity index (χ0n) is 8.43. The van der Waals surface area contributed by atoms with E-state index in [1.807, 2.05) is 0 Å². The average Bonchev–Trinajstić information content (AvgIpc) is 2.20. The van der Waals surface area contributed by atoms with Crippen LogP contribution in [-0.2, 0) is 0 Å². The summed E-state index contributed by atoms with van der Waals surface area (Å²) in [4.78, 5) is 0. The van der Waals surface area contributed by atoms with Crippen LogP contribution in [0.2, 0.25) is 0 Å². The van der Waals surface area contributed by atoms with Gasteiger partial charge < -0.3 is 10.1 Å². The number of benzene rings is 1. The predicted octanol–water partition coefficient (Wildman–Crippen LogP) is 2.90. The molecule has 0 aliphatic rings. The number of methoxy groups -OCH3 is 1. The zero-order valence-corrected chi connectivity index (χ0v) is 8.43. The molecule has 0 saturated heterocycles. The summed E-state index contributed by atoms with van der Waals surface area (Å²) >= 11 is 0. The average molecular weight is 219 g/mol. The maximum absolute atomic E-state index is 13.0. The van der Waals surface area contributed by atoms with Crippen LogP contribution in [0.1, 0.15) is 6.92 Å². The van der Waals surface area contributed by atoms with E-state index in [0.29, 0.717) is 5.69 Å². The fraction of sp³-hybridized carbons (Fsp3) is 0.400. The first-order valence-corrected chi connectivity index (χ1v) is 4.43. The number of alkyl halides is 2. The Morgan fingerprint density at radius 1 is 1.33 bits per heavy atom. The minimum absolute atomic E-state index is 0.0291. The molecular weight excluding hydrogens is 207 g/mol. The Hall–Kier alpha value is -1.39. The van der Waals surface area contributed by atoms with Crippen LogP contribution >= 0.6 is 0 Å². The largest absolute Gasteiger partial charge is 0.494 e. The first kappa shape index (κ1) is 11.7. The third-order valence-electron chi connectivity index (χ3n) is 1.92. The molecule has 0 radical (unpaired) electrons. The highest BCUT2D eigenvalue weighted by Crippen LogP contribution is 2.22. The normalized spacial score (nSPS) is 12.7. The van der Waals surface area contributed by atoms with Gasteiger partial charge in [0.05, 0.1) is 13.2 Å². The molecule has 0 aliphatic carbocycles. The molecule has 0 bridgehead atoms. The van der Waals surface area contributed by atoms with Crippen LogP contribution < -0.4 is 10.1 Å². The quantitative estimate of drug-likeness (QED) is 0.840. The molecule has 0 amide bonds. The second-order valence-corrected chi connectivity index (χ2v) is 3.12. The smallest absolute Gasteiger partial charge is 0.258 e. The van der Waals surface area contributed by atoms with Gasteiger partial charge in [-0.1, -0.05) is 0 Å². The number of ether oxygens (including phenoxy) is 1. The Kier molecular flexibility index (Phi) is 3.82. The molecule has 1 unspecified atom stereocenters. The number of halogens is 3. The Labute approximate surface area is 86.1 Å². The van der Waals surface area contributed by atoms with E-state index in [1.165, 1.54) is 32.2 Å². The second kappa shape index (κ2) is 4.91. The van der Waals surface area contributed by atoms with Gasteiger partial charge in [0.2, 0.25) is 0 Å². The first-order chi connectivity index (χ1) is 7.04. The molecule has 1 N–H and O–H groups in total. The van der Waals surface area contributed by atoms with Crippen molar-refractivity contribution in [1.82, 2.24) is 0 Å². The molecular formula is C10H12F3NO. The molecule has 2 nitrogen and oxygen atoms in total. The highest BCUT2D eigenvalue weighted by Gasteiger charge is 2.14. The van der Waals surface area contributed by atoms with Crippen molar-refractivity contribution in [2.45, 2.75) is 19.4 Å². The minimum Gasteiger partial charge on any atom is -0.494 e. The van der Waals surface area contributed by atoms with Crippen LogP contribution in [0, 0.1) is 5.82 Å². The Balaban J connectivity index is 2.78.